The van der Waals surface area contributed by atoms with Gasteiger partial charge in [-0.3, -0.25) is 0 Å². The van der Waals surface area contributed by atoms with E-state index in [9.17, 15) is 4.79 Å². The van der Waals surface area contributed by atoms with Gasteiger partial charge in [-0.15, -0.1) is 0 Å². The van der Waals surface area contributed by atoms with Crippen LogP contribution in [0.1, 0.15) is 46.0 Å². The zero-order valence-electron chi connectivity index (χ0n) is 16.6. The zero-order chi connectivity index (χ0) is 18.8. The average molecular weight is 362 g/mol. The molecule has 1 fully saturated rings. The van der Waals surface area contributed by atoms with Crippen LogP contribution in [0.15, 0.2) is 24.3 Å². The van der Waals surface area contributed by atoms with Gasteiger partial charge in [-0.05, 0) is 36.8 Å². The molecule has 0 saturated carbocycles. The Kier molecular flexibility index (Phi) is 8.59. The molecule has 0 spiro atoms. The predicted molar refractivity (Wildman–Crippen MR) is 108 cm³/mol. The monoisotopic (exact) mass is 361 g/mol. The lowest BCUT2D eigenvalue weighted by molar-refractivity contribution is 0.236. The van der Waals surface area contributed by atoms with Crippen LogP contribution in [-0.4, -0.2) is 39.3 Å². The molecule has 5 nitrogen and oxygen atoms in total. The number of benzene rings is 1. The Morgan fingerprint density at radius 1 is 1.35 bits per heavy atom. The van der Waals surface area contributed by atoms with E-state index >= 15 is 0 Å². The van der Waals surface area contributed by atoms with Crippen molar-refractivity contribution >= 4 is 11.7 Å². The molecule has 0 aliphatic carbocycles. The molecule has 1 aromatic carbocycles. The summed E-state index contributed by atoms with van der Waals surface area (Å²) < 4.78 is 5.31. The van der Waals surface area contributed by atoms with E-state index in [1.54, 1.807) is 7.11 Å². The molecule has 146 valence electrons. The number of nitrogens with zero attached hydrogens (tertiary/aromatic N) is 1. The van der Waals surface area contributed by atoms with E-state index in [0.29, 0.717) is 11.8 Å². The molecule has 2 rings (SSSR count). The summed E-state index contributed by atoms with van der Waals surface area (Å²) in [5.41, 5.74) is 1.19. The van der Waals surface area contributed by atoms with Crippen molar-refractivity contribution in [1.29, 1.82) is 0 Å². The summed E-state index contributed by atoms with van der Waals surface area (Å²) in [6.45, 7) is 7.92. The van der Waals surface area contributed by atoms with Crippen LogP contribution >= 0.6 is 0 Å². The minimum atomic E-state index is -0.0280. The third-order valence-corrected chi connectivity index (χ3v) is 5.35. The molecule has 5 heteroatoms. The van der Waals surface area contributed by atoms with Crippen molar-refractivity contribution in [2.75, 3.05) is 38.2 Å². The normalized spacial score (nSPS) is 17.8. The Labute approximate surface area is 158 Å². The molecule has 1 aliphatic heterocycles. The number of urea groups is 1. The lowest BCUT2D eigenvalue weighted by Gasteiger charge is -2.20. The van der Waals surface area contributed by atoms with Crippen LogP contribution < -0.4 is 20.3 Å². The molecule has 26 heavy (non-hydrogen) atoms. The van der Waals surface area contributed by atoms with Crippen LogP contribution in [0.3, 0.4) is 0 Å². The van der Waals surface area contributed by atoms with Crippen LogP contribution in [0.4, 0.5) is 10.5 Å². The first-order chi connectivity index (χ1) is 12.7. The van der Waals surface area contributed by atoms with Gasteiger partial charge in [0.15, 0.2) is 0 Å². The summed E-state index contributed by atoms with van der Waals surface area (Å²) in [4.78, 5) is 14.4. The lowest BCUT2D eigenvalue weighted by Crippen LogP contribution is -2.40. The maximum atomic E-state index is 12.1. The van der Waals surface area contributed by atoms with Gasteiger partial charge in [-0.2, -0.15) is 0 Å². The number of carbonyl (C=O) groups excluding carboxylic acids is 1. The smallest absolute Gasteiger partial charge is 0.314 e. The summed E-state index contributed by atoms with van der Waals surface area (Å²) in [6, 6.07) is 8.15. The van der Waals surface area contributed by atoms with Gasteiger partial charge in [0.05, 0.1) is 7.11 Å². The van der Waals surface area contributed by atoms with Crippen molar-refractivity contribution in [3.8, 4) is 5.75 Å². The Bertz CT molecular complexity index is 550. The average Bonchev–Trinajstić information content (AvgIpc) is 3.15. The van der Waals surface area contributed by atoms with Crippen molar-refractivity contribution < 1.29 is 9.53 Å². The summed E-state index contributed by atoms with van der Waals surface area (Å²) in [5, 5.41) is 6.10. The molecule has 2 atom stereocenters. The van der Waals surface area contributed by atoms with E-state index < -0.39 is 0 Å². The van der Waals surface area contributed by atoms with E-state index in [1.807, 2.05) is 12.1 Å². The van der Waals surface area contributed by atoms with Crippen molar-refractivity contribution in [3.05, 3.63) is 24.3 Å². The molecule has 0 radical (unpaired) electrons. The highest BCUT2D eigenvalue weighted by atomic mass is 16.5. The van der Waals surface area contributed by atoms with Gasteiger partial charge >= 0.3 is 6.03 Å². The molecule has 2 amide bonds. The van der Waals surface area contributed by atoms with Crippen molar-refractivity contribution in [2.45, 2.75) is 46.0 Å². The minimum absolute atomic E-state index is 0.0280. The van der Waals surface area contributed by atoms with E-state index in [-0.39, 0.29) is 6.03 Å². The maximum Gasteiger partial charge on any atom is 0.314 e. The largest absolute Gasteiger partial charge is 0.497 e. The first kappa shape index (κ1) is 20.4. The zero-order valence-corrected chi connectivity index (χ0v) is 16.6. The number of carbonyl (C=O) groups is 1. The molecule has 1 aromatic rings. The lowest BCUT2D eigenvalue weighted by atomic mass is 9.99. The van der Waals surface area contributed by atoms with Crippen molar-refractivity contribution in [3.63, 3.8) is 0 Å². The van der Waals surface area contributed by atoms with Gasteiger partial charge in [0, 0.05) is 37.9 Å². The number of nitrogens with one attached hydrogen (secondary N) is 2. The molecular weight excluding hydrogens is 326 g/mol. The van der Waals surface area contributed by atoms with Crippen LogP contribution in [0.2, 0.25) is 0 Å². The van der Waals surface area contributed by atoms with Gasteiger partial charge < -0.3 is 20.3 Å². The van der Waals surface area contributed by atoms with Gasteiger partial charge in [-0.1, -0.05) is 39.2 Å². The fourth-order valence-electron chi connectivity index (χ4n) is 3.52. The molecule has 2 unspecified atom stereocenters. The van der Waals surface area contributed by atoms with Gasteiger partial charge in [0.2, 0.25) is 0 Å². The van der Waals surface area contributed by atoms with E-state index in [1.165, 1.54) is 24.9 Å². The van der Waals surface area contributed by atoms with Crippen LogP contribution in [0.25, 0.3) is 0 Å². The van der Waals surface area contributed by atoms with Crippen molar-refractivity contribution in [1.82, 2.24) is 10.6 Å². The predicted octanol–water partition coefficient (Wildman–Crippen LogP) is 4.04. The van der Waals surface area contributed by atoms with E-state index in [4.69, 9.17) is 4.74 Å². The number of hydrogen-bond donors (Lipinski definition) is 2. The molecule has 0 bridgehead atoms. The number of amides is 2. The number of ether oxygens (including phenoxy) is 1. The molecule has 0 aromatic heterocycles. The number of methoxy groups -OCH3 is 1. The highest BCUT2D eigenvalue weighted by molar-refractivity contribution is 5.73. The number of hydrogen-bond acceptors (Lipinski definition) is 3. The van der Waals surface area contributed by atoms with Gasteiger partial charge in [0.25, 0.3) is 0 Å². The molecule has 1 aliphatic rings. The molecule has 1 heterocycles. The highest BCUT2D eigenvalue weighted by Crippen LogP contribution is 2.26. The first-order valence-corrected chi connectivity index (χ1v) is 10.1. The summed E-state index contributed by atoms with van der Waals surface area (Å²) in [7, 11) is 1.69. The maximum absolute atomic E-state index is 12.1. The van der Waals surface area contributed by atoms with Crippen LogP contribution in [0, 0.1) is 11.8 Å². The second-order valence-corrected chi connectivity index (χ2v) is 7.31. The van der Waals surface area contributed by atoms with E-state index in [0.717, 1.165) is 44.8 Å². The number of anilines is 1. The molecule has 2 N–H and O–H groups in total. The second kappa shape index (κ2) is 10.9. The highest BCUT2D eigenvalue weighted by Gasteiger charge is 2.23. The fraction of sp³-hybridized carbons (Fsp3) is 0.667. The Morgan fingerprint density at radius 2 is 2.19 bits per heavy atom. The standard InChI is InChI=1S/C21H35N3O2/c1-4-6-8-17(5-2)14-22-21(25)23-15-18-11-12-24(16-18)19-9-7-10-20(13-19)26-3/h7,9-10,13,17-18H,4-6,8,11-12,14-16H2,1-3H3,(H2,22,23,25). The second-order valence-electron chi connectivity index (χ2n) is 7.31. The quantitative estimate of drug-likeness (QED) is 0.661. The third kappa shape index (κ3) is 6.43. The summed E-state index contributed by atoms with van der Waals surface area (Å²) in [5.74, 6) is 1.97. The summed E-state index contributed by atoms with van der Waals surface area (Å²) in [6.07, 6.45) is 5.88. The molecule has 1 saturated heterocycles. The SMILES string of the molecule is CCCCC(CC)CNC(=O)NCC1CCN(c2cccc(OC)c2)C1. The fourth-order valence-corrected chi connectivity index (χ4v) is 3.52. The molecular formula is C21H35N3O2. The van der Waals surface area contributed by atoms with Crippen molar-refractivity contribution in [2.24, 2.45) is 11.8 Å². The Balaban J connectivity index is 1.69. The third-order valence-electron chi connectivity index (χ3n) is 5.35. The first-order valence-electron chi connectivity index (χ1n) is 10.1. The topological polar surface area (TPSA) is 53.6 Å². The van der Waals surface area contributed by atoms with Gasteiger partial charge in [0.1, 0.15) is 5.75 Å². The van der Waals surface area contributed by atoms with Crippen LogP contribution in [-0.2, 0) is 0 Å². The number of unbranched alkanes of at least 4 members (excludes halogenated alkanes) is 1. The van der Waals surface area contributed by atoms with E-state index in [2.05, 4.69) is 41.5 Å². The van der Waals surface area contributed by atoms with Gasteiger partial charge in [-0.25, -0.2) is 4.79 Å². The minimum Gasteiger partial charge on any atom is -0.497 e. The van der Waals surface area contributed by atoms with Crippen LogP contribution in [0.5, 0.6) is 5.75 Å². The Hall–Kier alpha value is -1.91. The number of rotatable bonds is 10. The summed E-state index contributed by atoms with van der Waals surface area (Å²) >= 11 is 0. The Morgan fingerprint density at radius 3 is 2.92 bits per heavy atom.